The quantitative estimate of drug-likeness (QED) is 0.618. The second-order valence-electron chi connectivity index (χ2n) is 3.34. The number of nitrogens with zero attached hydrogens (tertiary/aromatic N) is 4. The smallest absolute Gasteiger partial charge is 0.382 e. The van der Waals surface area contributed by atoms with Crippen LogP contribution in [0.3, 0.4) is 0 Å². The van der Waals surface area contributed by atoms with Gasteiger partial charge in [0.15, 0.2) is 5.82 Å². The number of nitrogens with two attached hydrogens (primary N) is 1. The van der Waals surface area contributed by atoms with E-state index in [-0.39, 0.29) is 17.3 Å². The zero-order valence-electron chi connectivity index (χ0n) is 8.81. The highest BCUT2D eigenvalue weighted by Gasteiger charge is 2.32. The number of nitrogens with one attached hydrogen (secondary N) is 1. The first-order valence-electron chi connectivity index (χ1n) is 4.66. The van der Waals surface area contributed by atoms with E-state index >= 15 is 0 Å². The molecule has 0 amide bonds. The lowest BCUT2D eigenvalue weighted by atomic mass is 10.4. The van der Waals surface area contributed by atoms with E-state index in [0.29, 0.717) is 6.20 Å². The van der Waals surface area contributed by atoms with Gasteiger partial charge in [0.05, 0.1) is 24.2 Å². The molecule has 0 aromatic carbocycles. The van der Waals surface area contributed by atoms with E-state index in [2.05, 4.69) is 15.1 Å². The molecule has 2 aromatic rings. The number of amidine groups is 1. The molecule has 0 spiro atoms. The maximum Gasteiger partial charge on any atom is 0.419 e. The van der Waals surface area contributed by atoms with Gasteiger partial charge in [0.2, 0.25) is 0 Å². The Labute approximate surface area is 98.8 Å². The highest BCUT2D eigenvalue weighted by molar-refractivity contribution is 5.92. The number of hydrogen-bond donors (Lipinski definition) is 2. The van der Waals surface area contributed by atoms with Crippen molar-refractivity contribution >= 4 is 5.84 Å². The Morgan fingerprint density at radius 3 is 2.39 bits per heavy atom. The topological polar surface area (TPSA) is 93.5 Å². The van der Waals surface area contributed by atoms with Crippen molar-refractivity contribution in [3.8, 4) is 5.82 Å². The maximum atomic E-state index is 12.4. The molecular weight excluding hydrogens is 249 g/mol. The minimum atomic E-state index is -4.45. The Morgan fingerprint density at radius 2 is 1.94 bits per heavy atom. The number of rotatable bonds is 2. The molecule has 0 atom stereocenters. The molecule has 0 aliphatic rings. The molecule has 0 fully saturated rings. The van der Waals surface area contributed by atoms with Gasteiger partial charge >= 0.3 is 6.18 Å². The van der Waals surface area contributed by atoms with Crippen LogP contribution < -0.4 is 5.73 Å². The van der Waals surface area contributed by atoms with Gasteiger partial charge < -0.3 is 5.73 Å². The van der Waals surface area contributed by atoms with E-state index in [1.807, 2.05) is 0 Å². The zero-order valence-corrected chi connectivity index (χ0v) is 8.81. The molecule has 9 heteroatoms. The van der Waals surface area contributed by atoms with Gasteiger partial charge in [-0.15, -0.1) is 0 Å². The van der Waals surface area contributed by atoms with Gasteiger partial charge in [0.1, 0.15) is 11.5 Å². The molecule has 6 nitrogen and oxygen atoms in total. The van der Waals surface area contributed by atoms with Gasteiger partial charge in [-0.3, -0.25) is 5.41 Å². The van der Waals surface area contributed by atoms with E-state index in [9.17, 15) is 13.2 Å². The predicted octanol–water partition coefficient (Wildman–Crippen LogP) is 0.965. The number of aromatic nitrogens is 4. The molecule has 0 saturated carbocycles. The molecule has 18 heavy (non-hydrogen) atoms. The molecule has 3 N–H and O–H groups in total. The summed E-state index contributed by atoms with van der Waals surface area (Å²) in [5, 5.41) is 10.6. The van der Waals surface area contributed by atoms with E-state index in [1.54, 1.807) is 0 Å². The van der Waals surface area contributed by atoms with Crippen molar-refractivity contribution in [2.45, 2.75) is 6.18 Å². The fourth-order valence-electron chi connectivity index (χ4n) is 1.17. The van der Waals surface area contributed by atoms with Gasteiger partial charge in [0, 0.05) is 6.20 Å². The molecule has 94 valence electrons. The van der Waals surface area contributed by atoms with Crippen LogP contribution in [0.15, 0.2) is 24.8 Å². The Morgan fingerprint density at radius 1 is 1.22 bits per heavy atom. The Hall–Kier alpha value is -2.45. The molecular formula is C9H7F3N6. The summed E-state index contributed by atoms with van der Waals surface area (Å²) in [6.07, 6.45) is -0.584. The van der Waals surface area contributed by atoms with Crippen LogP contribution in [0.2, 0.25) is 0 Å². The lowest BCUT2D eigenvalue weighted by molar-refractivity contribution is -0.137. The minimum Gasteiger partial charge on any atom is -0.382 e. The van der Waals surface area contributed by atoms with Gasteiger partial charge in [-0.05, 0) is 0 Å². The summed E-state index contributed by atoms with van der Waals surface area (Å²) < 4.78 is 38.0. The Kier molecular flexibility index (Phi) is 2.73. The minimum absolute atomic E-state index is 0.107. The fourth-order valence-corrected chi connectivity index (χ4v) is 1.17. The van der Waals surface area contributed by atoms with E-state index in [1.165, 1.54) is 12.4 Å². The zero-order chi connectivity index (χ0) is 13.3. The number of hydrogen-bond acceptors (Lipinski definition) is 4. The summed E-state index contributed by atoms with van der Waals surface area (Å²) >= 11 is 0. The van der Waals surface area contributed by atoms with Crippen LogP contribution in [-0.2, 0) is 6.18 Å². The van der Waals surface area contributed by atoms with Crippen LogP contribution in [0.25, 0.3) is 5.82 Å². The summed E-state index contributed by atoms with van der Waals surface area (Å²) in [4.78, 5) is 7.59. The highest BCUT2D eigenvalue weighted by Crippen LogP contribution is 2.28. The molecule has 2 aromatic heterocycles. The van der Waals surface area contributed by atoms with Crippen LogP contribution in [-0.4, -0.2) is 25.6 Å². The second kappa shape index (κ2) is 4.09. The van der Waals surface area contributed by atoms with Crippen molar-refractivity contribution in [3.63, 3.8) is 0 Å². The molecule has 0 aliphatic heterocycles. The van der Waals surface area contributed by atoms with Crippen molar-refractivity contribution in [1.82, 2.24) is 19.7 Å². The normalized spacial score (nSPS) is 11.5. The predicted molar refractivity (Wildman–Crippen MR) is 55.2 cm³/mol. The van der Waals surface area contributed by atoms with Crippen molar-refractivity contribution in [1.29, 1.82) is 5.41 Å². The molecule has 0 bridgehead atoms. The number of halogens is 3. The van der Waals surface area contributed by atoms with Crippen LogP contribution in [0.5, 0.6) is 0 Å². The second-order valence-corrected chi connectivity index (χ2v) is 3.34. The number of nitrogen functional groups attached to an aromatic ring is 1. The van der Waals surface area contributed by atoms with Crippen molar-refractivity contribution in [3.05, 3.63) is 36.0 Å². The van der Waals surface area contributed by atoms with Crippen molar-refractivity contribution < 1.29 is 13.2 Å². The third kappa shape index (κ3) is 2.29. The Bertz CT molecular complexity index is 571. The first-order chi connectivity index (χ1) is 8.38. The first kappa shape index (κ1) is 12.0. The van der Waals surface area contributed by atoms with Crippen LogP contribution in [0, 0.1) is 5.41 Å². The maximum absolute atomic E-state index is 12.4. The monoisotopic (exact) mass is 256 g/mol. The van der Waals surface area contributed by atoms with E-state index in [0.717, 1.165) is 10.9 Å². The van der Waals surface area contributed by atoms with Gasteiger partial charge in [-0.25, -0.2) is 14.6 Å². The van der Waals surface area contributed by atoms with Crippen molar-refractivity contribution in [2.75, 3.05) is 0 Å². The third-order valence-electron chi connectivity index (χ3n) is 2.06. The summed E-state index contributed by atoms with van der Waals surface area (Å²) in [5.74, 6) is -0.166. The largest absolute Gasteiger partial charge is 0.419 e. The van der Waals surface area contributed by atoms with Gasteiger partial charge in [-0.2, -0.15) is 18.3 Å². The molecule has 0 aliphatic carbocycles. The third-order valence-corrected chi connectivity index (χ3v) is 2.06. The molecule has 0 radical (unpaired) electrons. The van der Waals surface area contributed by atoms with Crippen LogP contribution in [0.4, 0.5) is 13.2 Å². The summed E-state index contributed by atoms with van der Waals surface area (Å²) in [5.41, 5.74) is 4.44. The lowest BCUT2D eigenvalue weighted by Gasteiger charge is -2.02. The van der Waals surface area contributed by atoms with Crippen molar-refractivity contribution in [2.24, 2.45) is 5.73 Å². The lowest BCUT2D eigenvalue weighted by Crippen LogP contribution is -2.14. The van der Waals surface area contributed by atoms with E-state index in [4.69, 9.17) is 11.1 Å². The average molecular weight is 256 g/mol. The molecule has 2 rings (SSSR count). The molecule has 2 heterocycles. The van der Waals surface area contributed by atoms with Crippen LogP contribution >= 0.6 is 0 Å². The Balaban J connectivity index is 2.32. The number of alkyl halides is 3. The summed E-state index contributed by atoms with van der Waals surface area (Å²) in [6, 6.07) is 0. The SMILES string of the molecule is N=C(N)c1cnc(-n2cc(C(F)(F)F)cn2)cn1. The highest BCUT2D eigenvalue weighted by atomic mass is 19.4. The average Bonchev–Trinajstić information content (AvgIpc) is 2.78. The molecule has 0 unspecified atom stereocenters. The summed E-state index contributed by atoms with van der Waals surface area (Å²) in [6.45, 7) is 0. The fraction of sp³-hybridized carbons (Fsp3) is 0.111. The van der Waals surface area contributed by atoms with Gasteiger partial charge in [0.25, 0.3) is 0 Å². The molecule has 0 saturated heterocycles. The standard InChI is InChI=1S/C9H7F3N6/c10-9(11,12)5-1-17-18(4-5)7-3-15-6(2-16-7)8(13)14/h1-4H,(H3,13,14). The van der Waals surface area contributed by atoms with E-state index < -0.39 is 11.7 Å². The summed E-state index contributed by atoms with van der Waals surface area (Å²) in [7, 11) is 0. The van der Waals surface area contributed by atoms with Gasteiger partial charge in [-0.1, -0.05) is 0 Å². The first-order valence-corrected chi connectivity index (χ1v) is 4.66. The van der Waals surface area contributed by atoms with Crippen LogP contribution in [0.1, 0.15) is 11.3 Å².